The van der Waals surface area contributed by atoms with Gasteiger partial charge in [-0.1, -0.05) is 24.3 Å². The standard InChI is InChI=1S/C13H19NO3S/c1-10(9-15)18(16,17)14-13-8-4-6-11-5-2-3-7-12(11)13/h2-3,5,7,10,13-15H,4,6,8-9H2,1H3. The zero-order valence-electron chi connectivity index (χ0n) is 10.5. The van der Waals surface area contributed by atoms with E-state index in [1.807, 2.05) is 24.3 Å². The molecule has 1 aromatic rings. The van der Waals surface area contributed by atoms with Gasteiger partial charge in [0, 0.05) is 6.04 Å². The van der Waals surface area contributed by atoms with Gasteiger partial charge in [0.2, 0.25) is 10.0 Å². The van der Waals surface area contributed by atoms with E-state index in [0.717, 1.165) is 24.8 Å². The van der Waals surface area contributed by atoms with Crippen molar-refractivity contribution in [3.05, 3.63) is 35.4 Å². The first-order valence-electron chi connectivity index (χ1n) is 6.24. The summed E-state index contributed by atoms with van der Waals surface area (Å²) in [5.41, 5.74) is 2.28. The summed E-state index contributed by atoms with van der Waals surface area (Å²) in [6, 6.07) is 7.78. The normalized spacial score (nSPS) is 21.3. The van der Waals surface area contributed by atoms with Gasteiger partial charge in [-0.05, 0) is 37.3 Å². The van der Waals surface area contributed by atoms with Crippen LogP contribution in [0.1, 0.15) is 36.9 Å². The van der Waals surface area contributed by atoms with Gasteiger partial charge in [-0.15, -0.1) is 0 Å². The summed E-state index contributed by atoms with van der Waals surface area (Å²) >= 11 is 0. The highest BCUT2D eigenvalue weighted by molar-refractivity contribution is 7.90. The summed E-state index contributed by atoms with van der Waals surface area (Å²) in [4.78, 5) is 0. The van der Waals surface area contributed by atoms with Crippen molar-refractivity contribution in [3.8, 4) is 0 Å². The molecule has 1 aliphatic carbocycles. The monoisotopic (exact) mass is 269 g/mol. The van der Waals surface area contributed by atoms with Crippen molar-refractivity contribution in [1.29, 1.82) is 0 Å². The van der Waals surface area contributed by atoms with E-state index in [1.54, 1.807) is 0 Å². The van der Waals surface area contributed by atoms with Gasteiger partial charge in [0.15, 0.2) is 0 Å². The number of nitrogens with one attached hydrogen (secondary N) is 1. The molecule has 0 radical (unpaired) electrons. The topological polar surface area (TPSA) is 66.4 Å². The summed E-state index contributed by atoms with van der Waals surface area (Å²) in [5, 5.41) is 8.20. The van der Waals surface area contributed by atoms with Gasteiger partial charge >= 0.3 is 0 Å². The first-order chi connectivity index (χ1) is 8.54. The number of rotatable bonds is 4. The van der Waals surface area contributed by atoms with Crippen LogP contribution in [0, 0.1) is 0 Å². The number of fused-ring (bicyclic) bond motifs is 1. The molecule has 0 bridgehead atoms. The van der Waals surface area contributed by atoms with Crippen LogP contribution in [0.3, 0.4) is 0 Å². The Balaban J connectivity index is 2.22. The van der Waals surface area contributed by atoms with Crippen LogP contribution in [0.4, 0.5) is 0 Å². The average molecular weight is 269 g/mol. The lowest BCUT2D eigenvalue weighted by Crippen LogP contribution is -2.38. The van der Waals surface area contributed by atoms with Gasteiger partial charge in [-0.25, -0.2) is 13.1 Å². The third-order valence-electron chi connectivity index (χ3n) is 3.46. The summed E-state index contributed by atoms with van der Waals surface area (Å²) in [7, 11) is -3.45. The van der Waals surface area contributed by atoms with E-state index in [4.69, 9.17) is 5.11 Å². The number of hydrogen-bond acceptors (Lipinski definition) is 3. The molecule has 2 atom stereocenters. The Morgan fingerprint density at radius 3 is 2.89 bits per heavy atom. The second-order valence-electron chi connectivity index (χ2n) is 4.80. The largest absolute Gasteiger partial charge is 0.395 e. The maximum Gasteiger partial charge on any atom is 0.217 e. The zero-order chi connectivity index (χ0) is 13.2. The van der Waals surface area contributed by atoms with Gasteiger partial charge in [-0.2, -0.15) is 0 Å². The Morgan fingerprint density at radius 1 is 1.44 bits per heavy atom. The van der Waals surface area contributed by atoms with Crippen LogP contribution in [-0.4, -0.2) is 25.4 Å². The summed E-state index contributed by atoms with van der Waals surface area (Å²) in [5.74, 6) is 0. The molecular formula is C13H19NO3S. The maximum atomic E-state index is 12.0. The van der Waals surface area contributed by atoms with Crippen molar-refractivity contribution in [2.75, 3.05) is 6.61 Å². The minimum Gasteiger partial charge on any atom is -0.395 e. The molecule has 0 amide bonds. The molecule has 0 saturated heterocycles. The molecule has 0 fully saturated rings. The Bertz CT molecular complexity index is 513. The summed E-state index contributed by atoms with van der Waals surface area (Å²) < 4.78 is 26.7. The highest BCUT2D eigenvalue weighted by Gasteiger charge is 2.27. The second kappa shape index (κ2) is 5.38. The highest BCUT2D eigenvalue weighted by Crippen LogP contribution is 2.30. The molecule has 5 heteroatoms. The third kappa shape index (κ3) is 2.74. The summed E-state index contributed by atoms with van der Waals surface area (Å²) in [6.45, 7) is 1.15. The van der Waals surface area contributed by atoms with Crippen LogP contribution in [-0.2, 0) is 16.4 Å². The minimum absolute atomic E-state index is 0.158. The number of aryl methyl sites for hydroxylation is 1. The van der Waals surface area contributed by atoms with E-state index in [-0.39, 0.29) is 12.6 Å². The quantitative estimate of drug-likeness (QED) is 0.867. The van der Waals surface area contributed by atoms with Crippen LogP contribution in [0.15, 0.2) is 24.3 Å². The second-order valence-corrected chi connectivity index (χ2v) is 6.93. The van der Waals surface area contributed by atoms with Crippen molar-refractivity contribution in [3.63, 3.8) is 0 Å². The van der Waals surface area contributed by atoms with Gasteiger partial charge < -0.3 is 5.11 Å². The first-order valence-corrected chi connectivity index (χ1v) is 7.79. The predicted octanol–water partition coefficient (Wildman–Crippen LogP) is 1.36. The van der Waals surface area contributed by atoms with Crippen molar-refractivity contribution in [1.82, 2.24) is 4.72 Å². The van der Waals surface area contributed by atoms with Crippen LogP contribution >= 0.6 is 0 Å². The SMILES string of the molecule is CC(CO)S(=O)(=O)NC1CCCc2ccccc21. The molecule has 4 nitrogen and oxygen atoms in total. The summed E-state index contributed by atoms with van der Waals surface area (Å²) in [6.07, 6.45) is 2.80. The lowest BCUT2D eigenvalue weighted by atomic mass is 9.88. The molecule has 0 saturated carbocycles. The number of sulfonamides is 1. The fourth-order valence-electron chi connectivity index (χ4n) is 2.29. The van der Waals surface area contributed by atoms with E-state index in [9.17, 15) is 8.42 Å². The van der Waals surface area contributed by atoms with E-state index < -0.39 is 15.3 Å². The molecule has 0 aromatic heterocycles. The Kier molecular flexibility index (Phi) is 4.04. The van der Waals surface area contributed by atoms with Gasteiger partial charge in [0.25, 0.3) is 0 Å². The predicted molar refractivity (Wildman–Crippen MR) is 70.7 cm³/mol. The van der Waals surface area contributed by atoms with Crippen LogP contribution in [0.25, 0.3) is 0 Å². The maximum absolute atomic E-state index is 12.0. The van der Waals surface area contributed by atoms with E-state index in [2.05, 4.69) is 4.72 Å². The highest BCUT2D eigenvalue weighted by atomic mass is 32.2. The van der Waals surface area contributed by atoms with Crippen LogP contribution < -0.4 is 4.72 Å². The zero-order valence-corrected chi connectivity index (χ0v) is 11.3. The molecule has 100 valence electrons. The van der Waals surface area contributed by atoms with Crippen LogP contribution in [0.5, 0.6) is 0 Å². The smallest absolute Gasteiger partial charge is 0.217 e. The van der Waals surface area contributed by atoms with Gasteiger partial charge in [-0.3, -0.25) is 0 Å². The van der Waals surface area contributed by atoms with Crippen molar-refractivity contribution in [2.45, 2.75) is 37.5 Å². The Hall–Kier alpha value is -0.910. The van der Waals surface area contributed by atoms with Crippen molar-refractivity contribution in [2.24, 2.45) is 0 Å². The Morgan fingerprint density at radius 2 is 2.17 bits per heavy atom. The molecule has 1 aromatic carbocycles. The number of hydrogen-bond donors (Lipinski definition) is 2. The number of benzene rings is 1. The molecule has 2 unspecified atom stereocenters. The van der Waals surface area contributed by atoms with E-state index >= 15 is 0 Å². The van der Waals surface area contributed by atoms with Gasteiger partial charge in [0.05, 0.1) is 11.9 Å². The molecule has 2 rings (SSSR count). The lowest BCUT2D eigenvalue weighted by Gasteiger charge is -2.27. The fourth-order valence-corrected chi connectivity index (χ4v) is 3.36. The molecule has 0 heterocycles. The molecule has 0 aliphatic heterocycles. The number of aliphatic hydroxyl groups excluding tert-OH is 1. The number of aliphatic hydroxyl groups is 1. The van der Waals surface area contributed by atoms with Crippen molar-refractivity contribution >= 4 is 10.0 Å². The molecule has 1 aliphatic rings. The van der Waals surface area contributed by atoms with E-state index in [0.29, 0.717) is 0 Å². The average Bonchev–Trinajstić information content (AvgIpc) is 2.38. The third-order valence-corrected chi connectivity index (χ3v) is 5.28. The van der Waals surface area contributed by atoms with Gasteiger partial charge in [0.1, 0.15) is 0 Å². The van der Waals surface area contributed by atoms with E-state index in [1.165, 1.54) is 12.5 Å². The minimum atomic E-state index is -3.45. The van der Waals surface area contributed by atoms with Crippen LogP contribution in [0.2, 0.25) is 0 Å². The fraction of sp³-hybridized carbons (Fsp3) is 0.538. The molecular weight excluding hydrogens is 250 g/mol. The first kappa shape index (κ1) is 13.5. The van der Waals surface area contributed by atoms with Crippen molar-refractivity contribution < 1.29 is 13.5 Å². The molecule has 18 heavy (non-hydrogen) atoms. The Labute approximate surface area is 108 Å². The molecule has 0 spiro atoms. The lowest BCUT2D eigenvalue weighted by molar-refractivity contribution is 0.294. The molecule has 2 N–H and O–H groups in total.